The van der Waals surface area contributed by atoms with Crippen molar-refractivity contribution in [1.82, 2.24) is 0 Å². The lowest BCUT2D eigenvalue weighted by atomic mass is 11.9. The minimum atomic E-state index is 1.11. The highest BCUT2D eigenvalue weighted by Gasteiger charge is 1.86. The first-order valence-electron chi connectivity index (χ1n) is 0.886. The predicted molar refractivity (Wildman–Crippen MR) is 26.6 cm³/mol. The van der Waals surface area contributed by atoms with E-state index in [9.17, 15) is 0 Å². The van der Waals surface area contributed by atoms with Crippen molar-refractivity contribution in [3.63, 3.8) is 0 Å². The van der Waals surface area contributed by atoms with Crippen LogP contribution in [-0.2, 0) is 0 Å². The minimum Gasteiger partial charge on any atom is -0.0432 e. The van der Waals surface area contributed by atoms with Gasteiger partial charge in [-0.05, 0) is 23.6 Å². The zero-order chi connectivity index (χ0) is 2.99. The van der Waals surface area contributed by atoms with E-state index in [1.807, 2.05) is 0 Å². The molecule has 0 aliphatic carbocycles. The number of hydrogen-bond donors (Lipinski definition) is 0. The third kappa shape index (κ3) is 0.668. The van der Waals surface area contributed by atoms with Crippen LogP contribution in [0.25, 0.3) is 0 Å². The van der Waals surface area contributed by atoms with E-state index in [4.69, 9.17) is 0 Å². The Bertz CT molecular complexity index is 90.2. The van der Waals surface area contributed by atoms with Crippen molar-refractivity contribution in [2.45, 2.75) is 0 Å². The maximum atomic E-state index is 3.30. The van der Waals surface area contributed by atoms with E-state index in [0.29, 0.717) is 0 Å². The van der Waals surface area contributed by atoms with Gasteiger partial charge in [0.15, 0.2) is 0 Å². The maximum Gasteiger partial charge on any atom is 0.0638 e. The maximum absolute atomic E-state index is 3.30. The lowest BCUT2D eigenvalue weighted by Crippen LogP contribution is -1.37. The molecule has 4 heavy (non-hydrogen) atoms. The van der Waals surface area contributed by atoms with E-state index in [1.165, 1.54) is 11.5 Å². The largest absolute Gasteiger partial charge is 0.0638 e. The molecule has 1 heterocycles. The highest BCUT2D eigenvalue weighted by Crippen LogP contribution is 2.10. The van der Waals surface area contributed by atoms with Crippen LogP contribution in [0.15, 0.2) is 0 Å². The Hall–Kier alpha value is 0.867. The van der Waals surface area contributed by atoms with Gasteiger partial charge in [-0.15, -0.1) is 0 Å². The van der Waals surface area contributed by atoms with Gasteiger partial charge in [-0.2, -0.15) is 0 Å². The molecule has 3 heteroatoms. The summed E-state index contributed by atoms with van der Waals surface area (Å²) in [6.07, 6.45) is 0. The molecule has 1 rings (SSSR count). The summed E-state index contributed by atoms with van der Waals surface area (Å²) in [6, 6.07) is 0. The van der Waals surface area contributed by atoms with Crippen LogP contribution >= 0.6 is 23.6 Å². The predicted octanol–water partition coefficient (Wildman–Crippen LogP) is 1.05. The van der Waals surface area contributed by atoms with E-state index in [2.05, 4.69) is 15.9 Å². The van der Waals surface area contributed by atoms with Gasteiger partial charge >= 0.3 is 0 Å². The average molecular weight is 151 g/mol. The van der Waals surface area contributed by atoms with Gasteiger partial charge in [0.1, 0.15) is 0 Å². The van der Waals surface area contributed by atoms with Crippen LogP contribution in [0.2, 0.25) is 0 Å². The third-order valence-corrected chi connectivity index (χ3v) is 4.96. The Morgan fingerprint density at radius 2 is 2.25 bits per heavy atom. The summed E-state index contributed by atoms with van der Waals surface area (Å²) in [4.78, 5) is 0. The first-order valence-corrected chi connectivity index (χ1v) is 4.42. The molecule has 0 fully saturated rings. The van der Waals surface area contributed by atoms with Gasteiger partial charge in [0.2, 0.25) is 0 Å². The number of rotatable bonds is 0. The van der Waals surface area contributed by atoms with Crippen LogP contribution in [0.4, 0.5) is 0 Å². The van der Waals surface area contributed by atoms with Gasteiger partial charge in [0.25, 0.3) is 0 Å². The van der Waals surface area contributed by atoms with Crippen LogP contribution in [0.3, 0.4) is 0 Å². The van der Waals surface area contributed by atoms with Crippen LogP contribution in [0, 0.1) is 0 Å². The minimum absolute atomic E-state index is 1.11. The molecule has 0 spiro atoms. The van der Waals surface area contributed by atoms with Crippen LogP contribution in [0.1, 0.15) is 0 Å². The molecular weight excluding hydrogens is 151 g/mol. The Morgan fingerprint density at radius 1 is 2.00 bits per heavy atom. The quantitative estimate of drug-likeness (QED) is 0.358. The Kier molecular flexibility index (Phi) is 0.709. The van der Waals surface area contributed by atoms with Crippen LogP contribution < -0.4 is 0 Å². The van der Waals surface area contributed by atoms with Gasteiger partial charge in [-0.25, -0.2) is 0 Å². The molecule has 0 amide bonds. The summed E-state index contributed by atoms with van der Waals surface area (Å²) in [5.74, 6) is 0. The molecular formula is CBrPSi. The zero-order valence-electron chi connectivity index (χ0n) is 1.83. The van der Waals surface area contributed by atoms with Crippen LogP contribution in [0.5, 0.6) is 0 Å². The van der Waals surface area contributed by atoms with Crippen molar-refractivity contribution in [1.29, 1.82) is 0 Å². The van der Waals surface area contributed by atoms with Gasteiger partial charge < -0.3 is 0 Å². The molecule has 0 nitrogen and oxygen atoms in total. The first kappa shape index (κ1) is 3.07. The van der Waals surface area contributed by atoms with Crippen LogP contribution in [-0.4, -0.2) is 12.2 Å². The molecule has 0 saturated heterocycles. The summed E-state index contributed by atoms with van der Waals surface area (Å²) in [6.45, 7) is 0. The molecule has 0 N–H and O–H groups in total. The van der Waals surface area contributed by atoms with Crippen molar-refractivity contribution >= 4 is 35.9 Å². The van der Waals surface area contributed by atoms with E-state index in [1.54, 1.807) is 0 Å². The number of halogens is 1. The topological polar surface area (TPSA) is 0 Å². The SMILES string of the molecule is BrC1=[Si]=P1. The third-order valence-electron chi connectivity index (χ3n) is 0.196. The fourth-order valence-electron chi connectivity index (χ4n) is 0.0211. The zero-order valence-corrected chi connectivity index (χ0v) is 5.31. The Labute approximate surface area is 36.4 Å². The summed E-state index contributed by atoms with van der Waals surface area (Å²) in [5.41, 5.74) is 0. The summed E-state index contributed by atoms with van der Waals surface area (Å²) in [5, 5.41) is 0. The smallest absolute Gasteiger partial charge is 0.0432 e. The molecule has 0 aromatic heterocycles. The molecule has 20 valence electrons. The normalized spacial score (nSPS) is 19.8. The van der Waals surface area contributed by atoms with Gasteiger partial charge in [-0.1, -0.05) is 0 Å². The molecule has 0 aromatic carbocycles. The van der Waals surface area contributed by atoms with E-state index < -0.39 is 0 Å². The molecule has 0 aromatic rings. The van der Waals surface area contributed by atoms with Gasteiger partial charge in [0.05, 0.1) is 3.82 Å². The molecule has 0 saturated carbocycles. The highest BCUT2D eigenvalue weighted by molar-refractivity contribution is 9.22. The van der Waals surface area contributed by atoms with Gasteiger partial charge in [0, 0.05) is 8.38 Å². The van der Waals surface area contributed by atoms with Crippen molar-refractivity contribution in [2.75, 3.05) is 0 Å². The monoisotopic (exact) mass is 150 g/mol. The molecule has 0 atom stereocenters. The molecule has 1 aliphatic rings. The second-order valence-electron chi connectivity index (χ2n) is 0.514. The first-order chi connectivity index (χ1) is 1.89. The molecule has 0 radical (unpaired) electrons. The fourth-order valence-corrected chi connectivity index (χ4v) is 0.988. The second kappa shape index (κ2) is 0.923. The van der Waals surface area contributed by atoms with Gasteiger partial charge in [-0.3, -0.25) is 0 Å². The Balaban J connectivity index is 2.75. The lowest BCUT2D eigenvalue weighted by Gasteiger charge is -1.42. The molecule has 0 unspecified atom stereocenters. The van der Waals surface area contributed by atoms with Crippen molar-refractivity contribution < 1.29 is 0 Å². The molecule has 0 bridgehead atoms. The highest BCUT2D eigenvalue weighted by atomic mass is 79.9. The standard InChI is InChI=1S/CBrPSi/c2-1-3-4-1. The number of hydrogen-bond acceptors (Lipinski definition) is 0. The van der Waals surface area contributed by atoms with Crippen molar-refractivity contribution in [3.05, 3.63) is 0 Å². The second-order valence-corrected chi connectivity index (χ2v) is 5.81. The van der Waals surface area contributed by atoms with E-state index in [0.717, 1.165) is 8.38 Å². The Morgan fingerprint density at radius 3 is 2.25 bits per heavy atom. The summed E-state index contributed by atoms with van der Waals surface area (Å²) in [7, 11) is 2.64. The lowest BCUT2D eigenvalue weighted by molar-refractivity contribution is 4.27. The van der Waals surface area contributed by atoms with E-state index in [-0.39, 0.29) is 0 Å². The summed E-state index contributed by atoms with van der Waals surface area (Å²) < 4.78 is 1.48. The fraction of sp³-hybridized carbons (Fsp3) is 0. The summed E-state index contributed by atoms with van der Waals surface area (Å²) >= 11 is 3.30. The average Bonchev–Trinajstić information content (AvgIpc) is 1.75. The molecule has 1 aliphatic heterocycles. The van der Waals surface area contributed by atoms with Crippen molar-refractivity contribution in [2.24, 2.45) is 0 Å². The van der Waals surface area contributed by atoms with E-state index >= 15 is 0 Å². The van der Waals surface area contributed by atoms with Crippen molar-refractivity contribution in [3.8, 4) is 0 Å².